The number of hydrogen-bond donors (Lipinski definition) is 1. The van der Waals surface area contributed by atoms with Crippen LogP contribution in [0.2, 0.25) is 0 Å². The first kappa shape index (κ1) is 19.8. The van der Waals surface area contributed by atoms with E-state index in [0.29, 0.717) is 41.8 Å². The van der Waals surface area contributed by atoms with Crippen LogP contribution in [0.25, 0.3) is 5.65 Å². The molecule has 5 rings (SSSR count). The number of nitrogens with one attached hydrogen (secondary N) is 1. The number of anilines is 1. The van der Waals surface area contributed by atoms with Crippen LogP contribution in [0.15, 0.2) is 23.1 Å². The fourth-order valence-corrected chi connectivity index (χ4v) is 4.84. The fourth-order valence-electron chi connectivity index (χ4n) is 4.84. The molecule has 0 aromatic carbocycles. The molecular formula is C23H28N6O2. The molecule has 1 N–H and O–H groups in total. The molecule has 31 heavy (non-hydrogen) atoms. The summed E-state index contributed by atoms with van der Waals surface area (Å²) in [6, 6.07) is 3.91. The van der Waals surface area contributed by atoms with Crippen LogP contribution in [-0.4, -0.2) is 49.8 Å². The van der Waals surface area contributed by atoms with Gasteiger partial charge in [-0.3, -0.25) is 19.0 Å². The lowest BCUT2D eigenvalue weighted by Crippen LogP contribution is -2.42. The molecule has 8 nitrogen and oxygen atoms in total. The molecule has 1 amide bonds. The Morgan fingerprint density at radius 3 is 2.87 bits per heavy atom. The Labute approximate surface area is 180 Å². The number of fused-ring (bicyclic) bond motifs is 2. The van der Waals surface area contributed by atoms with Crippen molar-refractivity contribution in [1.82, 2.24) is 24.3 Å². The lowest BCUT2D eigenvalue weighted by Gasteiger charge is -2.33. The molecule has 162 valence electrons. The molecular weight excluding hydrogens is 392 g/mol. The van der Waals surface area contributed by atoms with Gasteiger partial charge in [0.05, 0.1) is 23.5 Å². The first-order valence-corrected chi connectivity index (χ1v) is 11.0. The summed E-state index contributed by atoms with van der Waals surface area (Å²) in [4.78, 5) is 42.6. The fraction of sp³-hybridized carbons (Fsp3) is 0.478. The van der Waals surface area contributed by atoms with Gasteiger partial charge in [-0.05, 0) is 44.2 Å². The zero-order chi connectivity index (χ0) is 21.7. The van der Waals surface area contributed by atoms with Crippen molar-refractivity contribution in [3.05, 3.63) is 56.9 Å². The van der Waals surface area contributed by atoms with Gasteiger partial charge >= 0.3 is 0 Å². The molecule has 0 bridgehead atoms. The largest absolute Gasteiger partial charge is 0.342 e. The van der Waals surface area contributed by atoms with Gasteiger partial charge in [-0.2, -0.15) is 0 Å². The summed E-state index contributed by atoms with van der Waals surface area (Å²) in [5.41, 5.74) is 4.34. The van der Waals surface area contributed by atoms with Crippen LogP contribution in [0, 0.1) is 19.8 Å². The number of aromatic amines is 1. The maximum absolute atomic E-state index is 13.4. The van der Waals surface area contributed by atoms with E-state index < -0.39 is 0 Å². The zero-order valence-electron chi connectivity index (χ0n) is 18.3. The minimum absolute atomic E-state index is 0.102. The Morgan fingerprint density at radius 2 is 2.06 bits per heavy atom. The molecule has 1 atom stereocenters. The Morgan fingerprint density at radius 1 is 1.23 bits per heavy atom. The molecule has 2 aliphatic heterocycles. The summed E-state index contributed by atoms with van der Waals surface area (Å²) in [5.74, 6) is 1.17. The van der Waals surface area contributed by atoms with Gasteiger partial charge in [0.15, 0.2) is 0 Å². The van der Waals surface area contributed by atoms with Gasteiger partial charge in [-0.25, -0.2) is 9.97 Å². The van der Waals surface area contributed by atoms with Crippen molar-refractivity contribution in [3.8, 4) is 0 Å². The van der Waals surface area contributed by atoms with Gasteiger partial charge in [0.25, 0.3) is 11.5 Å². The number of amides is 1. The second-order valence-corrected chi connectivity index (χ2v) is 8.92. The predicted molar refractivity (Wildman–Crippen MR) is 119 cm³/mol. The standard InChI is InChI=1S/C23H28N6O2/c1-14-6-4-9-28(12-14)23-25-18-8-11-27(13-17(18)21(30)26-23)22(31)19-16(3)24-20-15(2)7-5-10-29(19)20/h5,7,10,14H,4,6,8-9,11-13H2,1-3H3,(H,25,26,30)/t14-/m0/s1. The van der Waals surface area contributed by atoms with E-state index in [9.17, 15) is 9.59 Å². The Kier molecular flexibility index (Phi) is 4.79. The summed E-state index contributed by atoms with van der Waals surface area (Å²) < 4.78 is 1.85. The number of imidazole rings is 1. The van der Waals surface area contributed by atoms with Crippen LogP contribution in [0.5, 0.6) is 0 Å². The summed E-state index contributed by atoms with van der Waals surface area (Å²) >= 11 is 0. The molecule has 1 saturated heterocycles. The molecule has 3 aromatic heterocycles. The third-order valence-electron chi connectivity index (χ3n) is 6.52. The summed E-state index contributed by atoms with van der Waals surface area (Å²) in [6.45, 7) is 8.72. The molecule has 0 saturated carbocycles. The predicted octanol–water partition coefficient (Wildman–Crippen LogP) is 2.47. The van der Waals surface area contributed by atoms with Gasteiger partial charge in [0.1, 0.15) is 11.3 Å². The van der Waals surface area contributed by atoms with Crippen LogP contribution in [0.1, 0.15) is 52.8 Å². The normalized spacial score (nSPS) is 19.0. The van der Waals surface area contributed by atoms with E-state index in [1.54, 1.807) is 4.90 Å². The van der Waals surface area contributed by atoms with E-state index in [2.05, 4.69) is 21.8 Å². The first-order valence-electron chi connectivity index (χ1n) is 11.0. The molecule has 5 heterocycles. The highest BCUT2D eigenvalue weighted by Crippen LogP contribution is 2.23. The summed E-state index contributed by atoms with van der Waals surface area (Å²) in [7, 11) is 0. The van der Waals surface area contributed by atoms with Crippen molar-refractivity contribution in [2.75, 3.05) is 24.5 Å². The van der Waals surface area contributed by atoms with Crippen molar-refractivity contribution >= 4 is 17.5 Å². The SMILES string of the molecule is Cc1nc2c(C)cccn2c1C(=O)N1CCc2nc(N3CCC[C@H](C)C3)[nH]c(=O)c2C1. The third kappa shape index (κ3) is 3.40. The maximum atomic E-state index is 13.4. The topological polar surface area (TPSA) is 86.6 Å². The molecule has 0 radical (unpaired) electrons. The number of nitrogens with zero attached hydrogens (tertiary/aromatic N) is 5. The smallest absolute Gasteiger partial charge is 0.273 e. The number of pyridine rings is 1. The Balaban J connectivity index is 1.44. The van der Waals surface area contributed by atoms with Crippen LogP contribution in [-0.2, 0) is 13.0 Å². The Hall–Kier alpha value is -3.16. The molecule has 2 aliphatic rings. The third-order valence-corrected chi connectivity index (χ3v) is 6.52. The lowest BCUT2D eigenvalue weighted by molar-refractivity contribution is 0.0724. The highest BCUT2D eigenvalue weighted by Gasteiger charge is 2.29. The zero-order valence-corrected chi connectivity index (χ0v) is 18.3. The van der Waals surface area contributed by atoms with Gasteiger partial charge in [-0.1, -0.05) is 13.0 Å². The molecule has 0 spiro atoms. The highest BCUT2D eigenvalue weighted by molar-refractivity contribution is 5.95. The highest BCUT2D eigenvalue weighted by atomic mass is 16.2. The number of rotatable bonds is 2. The van der Waals surface area contributed by atoms with Crippen LogP contribution < -0.4 is 10.5 Å². The van der Waals surface area contributed by atoms with Crippen molar-refractivity contribution in [1.29, 1.82) is 0 Å². The van der Waals surface area contributed by atoms with Crippen molar-refractivity contribution in [3.63, 3.8) is 0 Å². The minimum Gasteiger partial charge on any atom is -0.342 e. The van der Waals surface area contributed by atoms with E-state index in [1.807, 2.05) is 36.6 Å². The van der Waals surface area contributed by atoms with Gasteiger partial charge in [0, 0.05) is 32.3 Å². The molecule has 3 aromatic rings. The number of hydrogen-bond acceptors (Lipinski definition) is 5. The second kappa shape index (κ2) is 7.51. The number of carbonyl (C=O) groups excluding carboxylic acids is 1. The molecule has 0 unspecified atom stereocenters. The van der Waals surface area contributed by atoms with E-state index in [-0.39, 0.29) is 18.0 Å². The number of H-pyrrole nitrogens is 1. The van der Waals surface area contributed by atoms with Crippen molar-refractivity contribution < 1.29 is 4.79 Å². The van der Waals surface area contributed by atoms with E-state index in [0.717, 1.165) is 36.4 Å². The monoisotopic (exact) mass is 420 g/mol. The average molecular weight is 421 g/mol. The average Bonchev–Trinajstić information content (AvgIpc) is 3.10. The first-order chi connectivity index (χ1) is 14.9. The Bertz CT molecular complexity index is 1230. The van der Waals surface area contributed by atoms with Gasteiger partial charge in [0.2, 0.25) is 5.95 Å². The van der Waals surface area contributed by atoms with Crippen molar-refractivity contribution in [2.45, 2.75) is 46.6 Å². The quantitative estimate of drug-likeness (QED) is 0.688. The lowest BCUT2D eigenvalue weighted by atomic mass is 10.0. The van der Waals surface area contributed by atoms with E-state index in [1.165, 1.54) is 6.42 Å². The van der Waals surface area contributed by atoms with Crippen molar-refractivity contribution in [2.24, 2.45) is 5.92 Å². The van der Waals surface area contributed by atoms with Crippen LogP contribution in [0.3, 0.4) is 0 Å². The molecule has 0 aliphatic carbocycles. The van der Waals surface area contributed by atoms with Crippen LogP contribution in [0.4, 0.5) is 5.95 Å². The number of aryl methyl sites for hydroxylation is 2. The summed E-state index contributed by atoms with van der Waals surface area (Å²) in [5, 5.41) is 0. The maximum Gasteiger partial charge on any atom is 0.273 e. The van der Waals surface area contributed by atoms with Gasteiger partial charge in [-0.15, -0.1) is 0 Å². The van der Waals surface area contributed by atoms with E-state index in [4.69, 9.17) is 4.98 Å². The minimum atomic E-state index is -0.138. The number of piperidine rings is 1. The number of carbonyl (C=O) groups is 1. The molecule has 1 fully saturated rings. The van der Waals surface area contributed by atoms with Gasteiger partial charge < -0.3 is 9.80 Å². The van der Waals surface area contributed by atoms with Crippen LogP contribution >= 0.6 is 0 Å². The second-order valence-electron chi connectivity index (χ2n) is 8.92. The van der Waals surface area contributed by atoms with E-state index >= 15 is 0 Å². The molecule has 8 heteroatoms. The summed E-state index contributed by atoms with van der Waals surface area (Å²) in [6.07, 6.45) is 4.78. The number of aromatic nitrogens is 4.